The third-order valence-electron chi connectivity index (χ3n) is 3.14. The molecule has 0 bridgehead atoms. The summed E-state index contributed by atoms with van der Waals surface area (Å²) in [6.07, 6.45) is -0.496. The van der Waals surface area contributed by atoms with Crippen LogP contribution in [-0.4, -0.2) is 49.5 Å². The van der Waals surface area contributed by atoms with Crippen molar-refractivity contribution in [3.05, 3.63) is 29.8 Å². The molecule has 1 atom stereocenters. The molecule has 1 saturated heterocycles. The van der Waals surface area contributed by atoms with E-state index in [0.29, 0.717) is 6.61 Å². The number of nitrogens with zero attached hydrogens (tertiary/aromatic N) is 1. The molecule has 1 aromatic rings. The van der Waals surface area contributed by atoms with Crippen LogP contribution in [0.15, 0.2) is 24.3 Å². The smallest absolute Gasteiger partial charge is 0.125 e. The van der Waals surface area contributed by atoms with Crippen molar-refractivity contribution < 1.29 is 14.6 Å². The molecule has 0 aliphatic carbocycles. The van der Waals surface area contributed by atoms with E-state index in [2.05, 4.69) is 4.90 Å². The van der Waals surface area contributed by atoms with Gasteiger partial charge in [-0.15, -0.1) is 0 Å². The van der Waals surface area contributed by atoms with Crippen molar-refractivity contribution >= 4 is 0 Å². The maximum absolute atomic E-state index is 9.65. The second-order valence-electron chi connectivity index (χ2n) is 4.52. The second-order valence-corrected chi connectivity index (χ2v) is 4.52. The molecule has 0 saturated carbocycles. The molecule has 0 aromatic heterocycles. The first-order chi connectivity index (χ1) is 8.77. The first-order valence-corrected chi connectivity index (χ1v) is 6.47. The van der Waals surface area contributed by atoms with E-state index < -0.39 is 6.10 Å². The summed E-state index contributed by atoms with van der Waals surface area (Å²) in [6, 6.07) is 7.64. The fraction of sp³-hybridized carbons (Fsp3) is 0.571. The molecule has 100 valence electrons. The standard InChI is InChI=1S/C14H21NO3/c1-12(16)13-4-2-3-5-14(13)18-11-8-15-6-9-17-10-7-15/h2-5,12,16H,6-11H2,1H3/t12-/m0/s1. The quantitative estimate of drug-likeness (QED) is 0.860. The van der Waals surface area contributed by atoms with Crippen molar-refractivity contribution in [2.75, 3.05) is 39.5 Å². The zero-order chi connectivity index (χ0) is 12.8. The molecular formula is C14H21NO3. The molecule has 1 aromatic carbocycles. The SMILES string of the molecule is C[C@H](O)c1ccccc1OCCN1CCOCC1. The Balaban J connectivity index is 1.82. The van der Waals surface area contributed by atoms with Crippen molar-refractivity contribution in [1.29, 1.82) is 0 Å². The van der Waals surface area contributed by atoms with Crippen molar-refractivity contribution in [2.45, 2.75) is 13.0 Å². The van der Waals surface area contributed by atoms with Gasteiger partial charge in [0, 0.05) is 25.2 Å². The zero-order valence-corrected chi connectivity index (χ0v) is 10.8. The number of para-hydroxylation sites is 1. The maximum Gasteiger partial charge on any atom is 0.125 e. The summed E-state index contributed by atoms with van der Waals surface area (Å²) in [4.78, 5) is 2.33. The Bertz CT molecular complexity index is 362. The molecule has 1 heterocycles. The molecule has 1 aliphatic heterocycles. The van der Waals surface area contributed by atoms with Crippen LogP contribution in [0.5, 0.6) is 5.75 Å². The summed E-state index contributed by atoms with van der Waals surface area (Å²) < 4.78 is 11.1. The highest BCUT2D eigenvalue weighted by molar-refractivity contribution is 5.34. The lowest BCUT2D eigenvalue weighted by atomic mass is 10.1. The minimum Gasteiger partial charge on any atom is -0.492 e. The average Bonchev–Trinajstić information content (AvgIpc) is 2.40. The molecule has 1 N–H and O–H groups in total. The highest BCUT2D eigenvalue weighted by Crippen LogP contribution is 2.24. The largest absolute Gasteiger partial charge is 0.492 e. The topological polar surface area (TPSA) is 41.9 Å². The Morgan fingerprint density at radius 2 is 2.06 bits per heavy atom. The number of hydrogen-bond donors (Lipinski definition) is 1. The van der Waals surface area contributed by atoms with E-state index in [-0.39, 0.29) is 0 Å². The number of hydrogen-bond acceptors (Lipinski definition) is 4. The summed E-state index contributed by atoms with van der Waals surface area (Å²) in [5, 5.41) is 9.65. The Hall–Kier alpha value is -1.10. The molecule has 4 nitrogen and oxygen atoms in total. The van der Waals surface area contributed by atoms with Gasteiger partial charge in [0.05, 0.1) is 19.3 Å². The van der Waals surface area contributed by atoms with Crippen LogP contribution in [0.3, 0.4) is 0 Å². The Labute approximate surface area is 108 Å². The predicted octanol–water partition coefficient (Wildman–Crippen LogP) is 1.45. The van der Waals surface area contributed by atoms with Crippen LogP contribution in [0, 0.1) is 0 Å². The fourth-order valence-corrected chi connectivity index (χ4v) is 2.07. The van der Waals surface area contributed by atoms with Crippen LogP contribution < -0.4 is 4.74 Å². The summed E-state index contributed by atoms with van der Waals surface area (Å²) in [5.74, 6) is 0.778. The van der Waals surface area contributed by atoms with Crippen LogP contribution in [0.2, 0.25) is 0 Å². The molecule has 0 spiro atoms. The van der Waals surface area contributed by atoms with Gasteiger partial charge in [0.2, 0.25) is 0 Å². The van der Waals surface area contributed by atoms with Crippen LogP contribution in [-0.2, 0) is 4.74 Å². The van der Waals surface area contributed by atoms with E-state index in [9.17, 15) is 5.11 Å². The molecule has 2 rings (SSSR count). The fourth-order valence-electron chi connectivity index (χ4n) is 2.07. The lowest BCUT2D eigenvalue weighted by molar-refractivity contribution is 0.0320. The van der Waals surface area contributed by atoms with Gasteiger partial charge in [-0.2, -0.15) is 0 Å². The molecular weight excluding hydrogens is 230 g/mol. The average molecular weight is 251 g/mol. The number of aliphatic hydroxyl groups excluding tert-OH is 1. The third kappa shape index (κ3) is 3.70. The predicted molar refractivity (Wildman–Crippen MR) is 69.8 cm³/mol. The number of aliphatic hydroxyl groups is 1. The van der Waals surface area contributed by atoms with Crippen LogP contribution >= 0.6 is 0 Å². The summed E-state index contributed by atoms with van der Waals surface area (Å²) >= 11 is 0. The summed E-state index contributed by atoms with van der Waals surface area (Å²) in [5.41, 5.74) is 0.847. The van der Waals surface area contributed by atoms with E-state index in [0.717, 1.165) is 44.2 Å². The first kappa shape index (κ1) is 13.3. The minimum atomic E-state index is -0.496. The lowest BCUT2D eigenvalue weighted by Gasteiger charge is -2.26. The van der Waals surface area contributed by atoms with Gasteiger partial charge in [0.25, 0.3) is 0 Å². The highest BCUT2D eigenvalue weighted by Gasteiger charge is 2.11. The van der Waals surface area contributed by atoms with Crippen molar-refractivity contribution in [3.63, 3.8) is 0 Å². The van der Waals surface area contributed by atoms with Gasteiger partial charge in [-0.3, -0.25) is 4.90 Å². The second kappa shape index (κ2) is 6.73. The van der Waals surface area contributed by atoms with Crippen molar-refractivity contribution in [1.82, 2.24) is 4.90 Å². The molecule has 18 heavy (non-hydrogen) atoms. The molecule has 1 fully saturated rings. The first-order valence-electron chi connectivity index (χ1n) is 6.47. The number of rotatable bonds is 5. The maximum atomic E-state index is 9.65. The summed E-state index contributed by atoms with van der Waals surface area (Å²) in [6.45, 7) is 6.86. The lowest BCUT2D eigenvalue weighted by Crippen LogP contribution is -2.38. The van der Waals surface area contributed by atoms with Crippen molar-refractivity contribution in [3.8, 4) is 5.75 Å². The van der Waals surface area contributed by atoms with E-state index >= 15 is 0 Å². The van der Waals surface area contributed by atoms with E-state index in [4.69, 9.17) is 9.47 Å². The molecule has 4 heteroatoms. The van der Waals surface area contributed by atoms with Crippen LogP contribution in [0.25, 0.3) is 0 Å². The Kier molecular flexibility index (Phi) is 4.99. The van der Waals surface area contributed by atoms with E-state index in [1.807, 2.05) is 24.3 Å². The van der Waals surface area contributed by atoms with E-state index in [1.54, 1.807) is 6.92 Å². The minimum absolute atomic E-state index is 0.496. The zero-order valence-electron chi connectivity index (χ0n) is 10.8. The normalized spacial score (nSPS) is 18.6. The molecule has 1 aliphatic rings. The summed E-state index contributed by atoms with van der Waals surface area (Å²) in [7, 11) is 0. The van der Waals surface area contributed by atoms with E-state index in [1.165, 1.54) is 0 Å². The van der Waals surface area contributed by atoms with Gasteiger partial charge in [-0.25, -0.2) is 0 Å². The Morgan fingerprint density at radius 3 is 2.78 bits per heavy atom. The molecule has 0 unspecified atom stereocenters. The van der Waals surface area contributed by atoms with Gasteiger partial charge < -0.3 is 14.6 Å². The van der Waals surface area contributed by atoms with Gasteiger partial charge in [0.15, 0.2) is 0 Å². The van der Waals surface area contributed by atoms with Gasteiger partial charge in [0.1, 0.15) is 12.4 Å². The van der Waals surface area contributed by atoms with Crippen LogP contribution in [0.4, 0.5) is 0 Å². The number of benzene rings is 1. The Morgan fingerprint density at radius 1 is 1.33 bits per heavy atom. The monoisotopic (exact) mass is 251 g/mol. The molecule has 0 radical (unpaired) electrons. The van der Waals surface area contributed by atoms with Gasteiger partial charge >= 0.3 is 0 Å². The number of morpholine rings is 1. The van der Waals surface area contributed by atoms with Gasteiger partial charge in [-0.1, -0.05) is 18.2 Å². The number of ether oxygens (including phenoxy) is 2. The third-order valence-corrected chi connectivity index (χ3v) is 3.14. The van der Waals surface area contributed by atoms with Crippen LogP contribution in [0.1, 0.15) is 18.6 Å². The van der Waals surface area contributed by atoms with Crippen molar-refractivity contribution in [2.24, 2.45) is 0 Å². The highest BCUT2D eigenvalue weighted by atomic mass is 16.5. The van der Waals surface area contributed by atoms with Gasteiger partial charge in [-0.05, 0) is 13.0 Å². The molecule has 0 amide bonds.